The normalized spacial score (nSPS) is 37.0. The molecule has 3 aliphatic rings. The van der Waals surface area contributed by atoms with Crippen molar-refractivity contribution in [3.63, 3.8) is 0 Å². The molecule has 46 heavy (non-hydrogen) atoms. The summed E-state index contributed by atoms with van der Waals surface area (Å²) in [6.07, 6.45) is 2.19. The molecule has 3 rings (SSSR count). The van der Waals surface area contributed by atoms with E-state index in [1.165, 1.54) is 0 Å². The van der Waals surface area contributed by atoms with Crippen LogP contribution in [0.25, 0.3) is 0 Å². The molecule has 3 aliphatic heterocycles. The Morgan fingerprint density at radius 2 is 1.76 bits per heavy atom. The minimum atomic E-state index is -1.47. The molecular formula is C35H63N3O8. The van der Waals surface area contributed by atoms with Crippen LogP contribution in [0.15, 0.2) is 0 Å². The number of aliphatic hydroxyl groups excluding tert-OH is 1. The summed E-state index contributed by atoms with van der Waals surface area (Å²) in [6.45, 7) is 16.3. The third kappa shape index (κ3) is 9.29. The molecule has 11 heteroatoms. The fourth-order valence-corrected chi connectivity index (χ4v) is 7.72. The molecule has 0 aromatic rings. The van der Waals surface area contributed by atoms with Gasteiger partial charge in [0.15, 0.2) is 12.1 Å². The van der Waals surface area contributed by atoms with Crippen molar-refractivity contribution in [2.24, 2.45) is 17.3 Å². The van der Waals surface area contributed by atoms with Gasteiger partial charge in [-0.15, -0.1) is 0 Å². The molecule has 3 heterocycles. The van der Waals surface area contributed by atoms with E-state index in [1.807, 2.05) is 37.7 Å². The van der Waals surface area contributed by atoms with E-state index in [1.54, 1.807) is 27.9 Å². The van der Waals surface area contributed by atoms with Crippen molar-refractivity contribution < 1.29 is 38.4 Å². The van der Waals surface area contributed by atoms with Crippen molar-refractivity contribution in [2.45, 2.75) is 136 Å². The summed E-state index contributed by atoms with van der Waals surface area (Å²) in [5, 5.41) is 11.3. The number of methoxy groups -OCH3 is 1. The van der Waals surface area contributed by atoms with Gasteiger partial charge in [-0.2, -0.15) is 0 Å². The molecule has 3 fully saturated rings. The van der Waals surface area contributed by atoms with E-state index in [2.05, 4.69) is 18.7 Å². The Kier molecular flexibility index (Phi) is 14.1. The number of esters is 1. The number of hydrogen-bond donors (Lipinski definition) is 1. The number of rotatable bonds is 9. The minimum absolute atomic E-state index is 0.0943. The molecule has 0 aliphatic carbocycles. The van der Waals surface area contributed by atoms with E-state index in [0.29, 0.717) is 32.2 Å². The van der Waals surface area contributed by atoms with Gasteiger partial charge in [-0.05, 0) is 92.8 Å². The highest BCUT2D eigenvalue weighted by molar-refractivity contribution is 6.04. The van der Waals surface area contributed by atoms with Gasteiger partial charge in [0.05, 0.1) is 17.8 Å². The van der Waals surface area contributed by atoms with Gasteiger partial charge >= 0.3 is 5.97 Å². The molecule has 0 bridgehead atoms. The first-order chi connectivity index (χ1) is 21.5. The molecule has 0 spiro atoms. The van der Waals surface area contributed by atoms with Crippen molar-refractivity contribution >= 4 is 17.7 Å². The van der Waals surface area contributed by atoms with Crippen LogP contribution in [0.4, 0.5) is 0 Å². The lowest BCUT2D eigenvalue weighted by atomic mass is 9.74. The number of ketones is 1. The SMILES string of the molecule is CCCN1C[C@H](C)C[C@@](C)(OC)[C@H](O[C@@H]2O[C@H](C)C[C@H](N(C)C)[C@H]2O)[C@@H](C)C(=O)C(C)(C)C(=O)OC[C@H]1CCC(=O)N1CCCC1. The van der Waals surface area contributed by atoms with Crippen LogP contribution in [-0.2, 0) is 33.3 Å². The number of nitrogens with zero attached hydrogens (tertiary/aromatic N) is 3. The van der Waals surface area contributed by atoms with Crippen molar-refractivity contribution in [3.8, 4) is 0 Å². The zero-order chi connectivity index (χ0) is 34.4. The Morgan fingerprint density at radius 1 is 1.11 bits per heavy atom. The summed E-state index contributed by atoms with van der Waals surface area (Å²) in [6, 6.07) is -0.358. The zero-order valence-electron chi connectivity index (χ0n) is 30.3. The van der Waals surface area contributed by atoms with Crippen LogP contribution in [-0.4, -0.2) is 134 Å². The van der Waals surface area contributed by atoms with Crippen LogP contribution >= 0.6 is 0 Å². The number of ether oxygens (including phenoxy) is 4. The fraction of sp³-hybridized carbons (Fsp3) is 0.914. The third-order valence-electron chi connectivity index (χ3n) is 10.5. The molecule has 0 radical (unpaired) electrons. The van der Waals surface area contributed by atoms with Gasteiger partial charge in [-0.1, -0.05) is 20.8 Å². The summed E-state index contributed by atoms with van der Waals surface area (Å²) in [5.41, 5.74) is -2.43. The van der Waals surface area contributed by atoms with E-state index in [4.69, 9.17) is 18.9 Å². The maximum Gasteiger partial charge on any atom is 0.319 e. The number of amides is 1. The predicted octanol–water partition coefficient (Wildman–Crippen LogP) is 3.50. The topological polar surface area (TPSA) is 118 Å². The van der Waals surface area contributed by atoms with E-state index in [0.717, 1.165) is 38.9 Å². The van der Waals surface area contributed by atoms with Gasteiger partial charge in [-0.3, -0.25) is 19.3 Å². The van der Waals surface area contributed by atoms with Gasteiger partial charge in [-0.25, -0.2) is 0 Å². The van der Waals surface area contributed by atoms with Crippen molar-refractivity contribution in [3.05, 3.63) is 0 Å². The van der Waals surface area contributed by atoms with Crippen molar-refractivity contribution in [1.82, 2.24) is 14.7 Å². The molecule has 0 aromatic heterocycles. The second kappa shape index (κ2) is 16.7. The van der Waals surface area contributed by atoms with Crippen LogP contribution < -0.4 is 0 Å². The number of carbonyl (C=O) groups is 3. The first-order valence-corrected chi connectivity index (χ1v) is 17.5. The summed E-state index contributed by atoms with van der Waals surface area (Å²) in [4.78, 5) is 47.1. The number of hydrogen-bond acceptors (Lipinski definition) is 10. The fourth-order valence-electron chi connectivity index (χ4n) is 7.72. The van der Waals surface area contributed by atoms with Gasteiger partial charge in [0.2, 0.25) is 5.91 Å². The Balaban J connectivity index is 1.97. The number of carbonyl (C=O) groups excluding carboxylic acids is 3. The molecule has 1 amide bonds. The van der Waals surface area contributed by atoms with E-state index >= 15 is 0 Å². The van der Waals surface area contributed by atoms with Gasteiger partial charge in [0.25, 0.3) is 0 Å². The third-order valence-corrected chi connectivity index (χ3v) is 10.5. The molecule has 0 unspecified atom stereocenters. The standard InChI is InChI=1S/C35H63N3O8/c1-11-16-38-21-23(2)20-35(7,43-10)31(46-32-29(40)27(36(8)9)19-24(3)45-32)25(4)30(41)34(5,6)33(42)44-22-26(38)14-15-28(39)37-17-12-13-18-37/h23-27,29,31-32,40H,11-22H2,1-10H3/t23-,24-,25+,26-,27+,29-,31-,32+,35-/m1/s1. The second-order valence-electron chi connectivity index (χ2n) is 15.1. The van der Waals surface area contributed by atoms with Crippen LogP contribution in [0.5, 0.6) is 0 Å². The van der Waals surface area contributed by atoms with Gasteiger partial charge in [0.1, 0.15) is 18.1 Å². The molecule has 1 N–H and O–H groups in total. The zero-order valence-corrected chi connectivity index (χ0v) is 30.3. The molecule has 3 saturated heterocycles. The lowest BCUT2D eigenvalue weighted by molar-refractivity contribution is -0.295. The number of likely N-dealkylation sites (N-methyl/N-ethyl adjacent to an activating group) is 1. The van der Waals surface area contributed by atoms with Crippen molar-refractivity contribution in [2.75, 3.05) is 54.0 Å². The Hall–Kier alpha value is -1.63. The predicted molar refractivity (Wildman–Crippen MR) is 176 cm³/mol. The molecule has 266 valence electrons. The average molecular weight is 654 g/mol. The average Bonchev–Trinajstić information content (AvgIpc) is 3.54. The molecule has 9 atom stereocenters. The Bertz CT molecular complexity index is 1020. The number of likely N-dealkylation sites (tertiary alicyclic amines) is 1. The Morgan fingerprint density at radius 3 is 2.35 bits per heavy atom. The number of aliphatic hydroxyl groups is 1. The first-order valence-electron chi connectivity index (χ1n) is 17.5. The molecule has 0 saturated carbocycles. The van der Waals surface area contributed by atoms with E-state index in [-0.39, 0.29) is 42.4 Å². The van der Waals surface area contributed by atoms with Gasteiger partial charge < -0.3 is 33.9 Å². The van der Waals surface area contributed by atoms with Crippen molar-refractivity contribution in [1.29, 1.82) is 0 Å². The summed E-state index contributed by atoms with van der Waals surface area (Å²) in [5.74, 6) is -1.47. The monoisotopic (exact) mass is 653 g/mol. The van der Waals surface area contributed by atoms with Crippen LogP contribution in [0, 0.1) is 17.3 Å². The molecule has 0 aromatic carbocycles. The van der Waals surface area contributed by atoms with E-state index in [9.17, 15) is 19.5 Å². The molecule has 11 nitrogen and oxygen atoms in total. The maximum absolute atomic E-state index is 14.2. The maximum atomic E-state index is 14.2. The highest BCUT2D eigenvalue weighted by atomic mass is 16.7. The molecular weight excluding hydrogens is 590 g/mol. The summed E-state index contributed by atoms with van der Waals surface area (Å²) < 4.78 is 25.0. The van der Waals surface area contributed by atoms with E-state index < -0.39 is 41.4 Å². The lowest BCUT2D eigenvalue weighted by Gasteiger charge is -2.47. The number of Topliss-reactive ketones (excluding diaryl/α,β-unsaturated/α-hetero) is 1. The Labute approximate surface area is 277 Å². The second-order valence-corrected chi connectivity index (χ2v) is 15.1. The van der Waals surface area contributed by atoms with Gasteiger partial charge in [0, 0.05) is 51.2 Å². The highest BCUT2D eigenvalue weighted by Crippen LogP contribution is 2.38. The lowest BCUT2D eigenvalue weighted by Crippen LogP contribution is -2.59. The largest absolute Gasteiger partial charge is 0.463 e. The summed E-state index contributed by atoms with van der Waals surface area (Å²) >= 11 is 0. The summed E-state index contributed by atoms with van der Waals surface area (Å²) in [7, 11) is 5.46. The minimum Gasteiger partial charge on any atom is -0.463 e. The number of cyclic esters (lactones) is 1. The smallest absolute Gasteiger partial charge is 0.319 e. The quantitative estimate of drug-likeness (QED) is 0.293. The van der Waals surface area contributed by atoms with Crippen LogP contribution in [0.3, 0.4) is 0 Å². The van der Waals surface area contributed by atoms with Crippen LogP contribution in [0.2, 0.25) is 0 Å². The highest BCUT2D eigenvalue weighted by Gasteiger charge is 2.51. The first kappa shape index (κ1) is 38.8. The van der Waals surface area contributed by atoms with Crippen LogP contribution in [0.1, 0.15) is 93.4 Å².